The highest BCUT2D eigenvalue weighted by molar-refractivity contribution is 7.99. The highest BCUT2D eigenvalue weighted by Crippen LogP contribution is 2.35. The first-order valence-corrected chi connectivity index (χ1v) is 14.2. The third-order valence-corrected chi connectivity index (χ3v) is 7.51. The van der Waals surface area contributed by atoms with E-state index in [9.17, 15) is 19.2 Å². The van der Waals surface area contributed by atoms with Gasteiger partial charge in [-0.2, -0.15) is 0 Å². The van der Waals surface area contributed by atoms with Crippen molar-refractivity contribution in [2.45, 2.75) is 95.4 Å². The smallest absolute Gasteiger partial charge is 0.303 e. The molecule has 230 valence electrons. The fourth-order valence-electron chi connectivity index (χ4n) is 4.27. The fraction of sp³-hybridized carbons (Fsp3) is 0.571. The van der Waals surface area contributed by atoms with Crippen LogP contribution in [-0.4, -0.2) is 75.0 Å². The summed E-state index contributed by atoms with van der Waals surface area (Å²) in [5.74, 6) is -1.16. The molecule has 1 aromatic heterocycles. The quantitative estimate of drug-likeness (QED) is 0.312. The van der Waals surface area contributed by atoms with Crippen molar-refractivity contribution >= 4 is 35.6 Å². The van der Waals surface area contributed by atoms with Crippen LogP contribution in [0.1, 0.15) is 59.9 Å². The maximum atomic E-state index is 12.2. The summed E-state index contributed by atoms with van der Waals surface area (Å²) < 4.78 is 30.0. The second-order valence-electron chi connectivity index (χ2n) is 10.9. The topological polar surface area (TPSA) is 157 Å². The van der Waals surface area contributed by atoms with Gasteiger partial charge >= 0.3 is 17.9 Å². The Morgan fingerprint density at radius 1 is 0.952 bits per heavy atom. The minimum Gasteiger partial charge on any atom is -0.486 e. The van der Waals surface area contributed by atoms with Gasteiger partial charge in [-0.1, -0.05) is 44.7 Å². The Morgan fingerprint density at radius 3 is 2.12 bits per heavy atom. The van der Waals surface area contributed by atoms with Crippen LogP contribution in [0.5, 0.6) is 5.75 Å². The summed E-state index contributed by atoms with van der Waals surface area (Å²) in [5, 5.41) is 11.7. The minimum atomic E-state index is -1.17. The average molecular weight is 607 g/mol. The molecule has 0 bridgehead atoms. The molecule has 0 unspecified atom stereocenters. The predicted octanol–water partition coefficient (Wildman–Crippen LogP) is 2.44. The molecule has 2 aromatic rings. The molecule has 1 amide bonds. The van der Waals surface area contributed by atoms with E-state index in [0.717, 1.165) is 11.8 Å². The molecule has 1 aliphatic rings. The van der Waals surface area contributed by atoms with Crippen LogP contribution in [0, 0.1) is 0 Å². The molecule has 0 saturated carbocycles. The van der Waals surface area contributed by atoms with Gasteiger partial charge in [0.05, 0.1) is 0 Å². The summed E-state index contributed by atoms with van der Waals surface area (Å²) in [4.78, 5) is 47.8. The Morgan fingerprint density at radius 2 is 1.57 bits per heavy atom. The van der Waals surface area contributed by atoms with Crippen LogP contribution in [0.4, 0.5) is 0 Å². The minimum absolute atomic E-state index is 0.0222. The number of carbonyl (C=O) groups excluding carboxylic acids is 4. The number of nitrogens with zero attached hydrogens (tertiary/aromatic N) is 3. The lowest BCUT2D eigenvalue weighted by atomic mass is 9.87. The number of benzene rings is 1. The zero-order valence-corrected chi connectivity index (χ0v) is 25.9. The number of rotatable bonds is 10. The molecule has 1 N–H and O–H groups in total. The molecule has 0 spiro atoms. The van der Waals surface area contributed by atoms with Gasteiger partial charge in [-0.15, -0.1) is 10.2 Å². The second-order valence-corrected chi connectivity index (χ2v) is 11.9. The maximum absolute atomic E-state index is 12.2. The number of ether oxygens (including phenoxy) is 5. The number of aromatic nitrogens is 3. The fourth-order valence-corrected chi connectivity index (χ4v) is 5.39. The van der Waals surface area contributed by atoms with Crippen molar-refractivity contribution in [1.82, 2.24) is 20.1 Å². The largest absolute Gasteiger partial charge is 0.486 e. The molecule has 13 nitrogen and oxygen atoms in total. The Hall–Kier alpha value is -3.65. The summed E-state index contributed by atoms with van der Waals surface area (Å²) in [6, 6.07) is 6.87. The molecule has 2 heterocycles. The Kier molecular flexibility index (Phi) is 11.0. The second kappa shape index (κ2) is 14.0. The van der Waals surface area contributed by atoms with E-state index in [4.69, 9.17) is 23.7 Å². The molecule has 0 radical (unpaired) electrons. The number of amides is 1. The molecule has 1 aromatic carbocycles. The number of nitrogens with one attached hydrogen (secondary N) is 1. The molecule has 1 fully saturated rings. The molecule has 3 rings (SSSR count). The van der Waals surface area contributed by atoms with Crippen molar-refractivity contribution < 1.29 is 42.9 Å². The molecule has 14 heteroatoms. The third kappa shape index (κ3) is 8.92. The van der Waals surface area contributed by atoms with E-state index in [1.165, 1.54) is 33.3 Å². The van der Waals surface area contributed by atoms with Gasteiger partial charge in [0, 0.05) is 34.7 Å². The van der Waals surface area contributed by atoms with Crippen LogP contribution in [0.15, 0.2) is 29.4 Å². The van der Waals surface area contributed by atoms with Gasteiger partial charge in [-0.05, 0) is 23.1 Å². The highest BCUT2D eigenvalue weighted by Gasteiger charge is 2.51. The summed E-state index contributed by atoms with van der Waals surface area (Å²) in [5.41, 5.74) is 0.296. The van der Waals surface area contributed by atoms with Crippen LogP contribution in [-0.2, 0) is 57.2 Å². The molecule has 5 atom stereocenters. The third-order valence-electron chi connectivity index (χ3n) is 6.31. The van der Waals surface area contributed by atoms with E-state index in [2.05, 4.69) is 36.3 Å². The van der Waals surface area contributed by atoms with E-state index in [0.29, 0.717) is 16.7 Å². The molecular weight excluding hydrogens is 568 g/mol. The zero-order valence-electron chi connectivity index (χ0n) is 25.0. The lowest BCUT2D eigenvalue weighted by Crippen LogP contribution is -2.65. The Bertz CT molecular complexity index is 1280. The highest BCUT2D eigenvalue weighted by atomic mass is 32.2. The van der Waals surface area contributed by atoms with Crippen LogP contribution in [0.3, 0.4) is 0 Å². The number of carbonyl (C=O) groups is 4. The van der Waals surface area contributed by atoms with E-state index in [1.807, 2.05) is 24.3 Å². The Labute approximate surface area is 248 Å². The molecule has 1 aliphatic heterocycles. The normalized spacial score (nSPS) is 22.1. The lowest BCUT2D eigenvalue weighted by molar-refractivity contribution is -0.211. The number of hydrogen-bond donors (Lipinski definition) is 1. The SMILES string of the molecule is CC(=O)N[C@H]1[C@H](OC(C)=O)[C@H](OC(C)=O)[C@@H](COC(C)=O)O[C@H]1Sc1nnc(COc2ccc(C(C)(C)C)cc2)n1C. The predicted molar refractivity (Wildman–Crippen MR) is 150 cm³/mol. The van der Waals surface area contributed by atoms with E-state index in [1.54, 1.807) is 11.6 Å². The average Bonchev–Trinajstić information content (AvgIpc) is 3.22. The van der Waals surface area contributed by atoms with Gasteiger partial charge in [0.1, 0.15) is 36.5 Å². The van der Waals surface area contributed by atoms with Crippen molar-refractivity contribution in [3.8, 4) is 5.75 Å². The van der Waals surface area contributed by atoms with Gasteiger partial charge in [-0.3, -0.25) is 19.2 Å². The summed E-state index contributed by atoms with van der Waals surface area (Å²) >= 11 is 1.10. The van der Waals surface area contributed by atoms with Gasteiger partial charge in [-0.25, -0.2) is 0 Å². The van der Waals surface area contributed by atoms with Gasteiger partial charge in [0.2, 0.25) is 5.91 Å². The summed E-state index contributed by atoms with van der Waals surface area (Å²) in [7, 11) is 1.75. The molecule has 42 heavy (non-hydrogen) atoms. The molecule has 0 aliphatic carbocycles. The molecular formula is C28H38N4O9S. The van der Waals surface area contributed by atoms with E-state index in [-0.39, 0.29) is 18.6 Å². The summed E-state index contributed by atoms with van der Waals surface area (Å²) in [6.45, 7) is 11.2. The van der Waals surface area contributed by atoms with Crippen molar-refractivity contribution in [3.05, 3.63) is 35.7 Å². The van der Waals surface area contributed by atoms with Crippen LogP contribution >= 0.6 is 11.8 Å². The first-order valence-electron chi connectivity index (χ1n) is 13.3. The zero-order chi connectivity index (χ0) is 31.2. The first-order chi connectivity index (χ1) is 19.6. The van der Waals surface area contributed by atoms with Gasteiger partial charge in [0.15, 0.2) is 23.2 Å². The number of thioether (sulfide) groups is 1. The van der Waals surface area contributed by atoms with E-state index < -0.39 is 53.6 Å². The van der Waals surface area contributed by atoms with Gasteiger partial charge in [0.25, 0.3) is 0 Å². The standard InChI is InChI=1S/C28H38N4O9S/c1-15(33)29-23-25(40-18(4)36)24(39-17(3)35)21(13-37-16(2)34)41-26(23)42-27-31-30-22(32(27)8)14-38-20-11-9-19(10-12-20)28(5,6)7/h9-12,21,23-26H,13-14H2,1-8H3,(H,29,33)/t21-,23+,24-,25+,26+/m1/s1. The summed E-state index contributed by atoms with van der Waals surface area (Å²) in [6.07, 6.45) is -3.35. The monoisotopic (exact) mass is 606 g/mol. The van der Waals surface area contributed by atoms with Crippen LogP contribution in [0.2, 0.25) is 0 Å². The van der Waals surface area contributed by atoms with Crippen molar-refractivity contribution in [3.63, 3.8) is 0 Å². The maximum Gasteiger partial charge on any atom is 0.303 e. The van der Waals surface area contributed by atoms with Crippen LogP contribution in [0.25, 0.3) is 0 Å². The van der Waals surface area contributed by atoms with Crippen molar-refractivity contribution in [2.24, 2.45) is 7.05 Å². The number of esters is 3. The lowest BCUT2D eigenvalue weighted by Gasteiger charge is -2.44. The number of hydrogen-bond acceptors (Lipinski definition) is 12. The van der Waals surface area contributed by atoms with Crippen LogP contribution < -0.4 is 10.1 Å². The van der Waals surface area contributed by atoms with Crippen molar-refractivity contribution in [2.75, 3.05) is 6.61 Å². The van der Waals surface area contributed by atoms with E-state index >= 15 is 0 Å². The molecule has 1 saturated heterocycles. The first kappa shape index (κ1) is 32.9. The Balaban J connectivity index is 1.85. The van der Waals surface area contributed by atoms with Gasteiger partial charge < -0.3 is 33.6 Å². The van der Waals surface area contributed by atoms with Crippen molar-refractivity contribution in [1.29, 1.82) is 0 Å².